The van der Waals surface area contributed by atoms with Crippen LogP contribution in [0.2, 0.25) is 0 Å². The number of nitrogens with one attached hydrogen (secondary N) is 2. The van der Waals surface area contributed by atoms with Crippen molar-refractivity contribution in [3.63, 3.8) is 0 Å². The SMILES string of the molecule is C[C@@H](NC(=O)c1cc(C(=O)N[C@@H](Cc2ccccc2)[C@@H](O)Cn2cc(C(=O)N3CCCCCC3)cn2)cc([N+](=O)[O-])c1)c1ccc(F)cc1. The molecule has 0 aliphatic carbocycles. The number of amides is 3. The van der Waals surface area contributed by atoms with E-state index in [1.165, 1.54) is 41.2 Å². The van der Waals surface area contributed by atoms with Gasteiger partial charge in [-0.2, -0.15) is 5.10 Å². The quantitative estimate of drug-likeness (QED) is 0.144. The van der Waals surface area contributed by atoms with Crippen LogP contribution < -0.4 is 10.6 Å². The summed E-state index contributed by atoms with van der Waals surface area (Å²) in [5, 5.41) is 33.0. The van der Waals surface area contributed by atoms with Crippen LogP contribution in [-0.2, 0) is 13.0 Å². The highest BCUT2D eigenvalue weighted by molar-refractivity contribution is 6.01. The second kappa shape index (κ2) is 16.1. The summed E-state index contributed by atoms with van der Waals surface area (Å²) in [6, 6.07) is 16.7. The van der Waals surface area contributed by atoms with Gasteiger partial charge in [0.15, 0.2) is 0 Å². The number of halogens is 1. The zero-order valence-corrected chi connectivity index (χ0v) is 27.1. The van der Waals surface area contributed by atoms with Crippen LogP contribution in [-0.4, -0.2) is 67.7 Å². The van der Waals surface area contributed by atoms with Crippen LogP contribution in [0.15, 0.2) is 85.2 Å². The third kappa shape index (κ3) is 9.35. The number of rotatable bonds is 12. The zero-order chi connectivity index (χ0) is 34.9. The van der Waals surface area contributed by atoms with E-state index in [0.717, 1.165) is 43.4 Å². The van der Waals surface area contributed by atoms with Gasteiger partial charge in [0, 0.05) is 42.5 Å². The van der Waals surface area contributed by atoms with E-state index in [1.54, 1.807) is 13.1 Å². The molecule has 1 aliphatic heterocycles. The summed E-state index contributed by atoms with van der Waals surface area (Å²) in [5.41, 5.74) is 1.11. The number of nitro benzene ring substituents is 1. The maximum atomic E-state index is 13.6. The van der Waals surface area contributed by atoms with Gasteiger partial charge in [0.05, 0.1) is 41.4 Å². The van der Waals surface area contributed by atoms with Gasteiger partial charge >= 0.3 is 0 Å². The summed E-state index contributed by atoms with van der Waals surface area (Å²) in [4.78, 5) is 52.8. The van der Waals surface area contributed by atoms with Crippen LogP contribution in [0.3, 0.4) is 0 Å². The van der Waals surface area contributed by atoms with Gasteiger partial charge in [-0.3, -0.25) is 29.2 Å². The van der Waals surface area contributed by atoms with Gasteiger partial charge in [0.25, 0.3) is 23.4 Å². The van der Waals surface area contributed by atoms with E-state index in [0.29, 0.717) is 24.2 Å². The number of nitrogens with zero attached hydrogens (tertiary/aromatic N) is 4. The maximum absolute atomic E-state index is 13.6. The molecule has 0 radical (unpaired) electrons. The molecule has 1 saturated heterocycles. The average Bonchev–Trinajstić information content (AvgIpc) is 3.39. The van der Waals surface area contributed by atoms with Gasteiger partial charge in [0.2, 0.25) is 0 Å². The molecular weight excluding hydrogens is 631 g/mol. The third-order valence-electron chi connectivity index (χ3n) is 8.60. The maximum Gasteiger partial charge on any atom is 0.271 e. The van der Waals surface area contributed by atoms with Crippen LogP contribution in [0.4, 0.5) is 10.1 Å². The molecule has 1 aromatic heterocycles. The summed E-state index contributed by atoms with van der Waals surface area (Å²) >= 11 is 0. The first kappa shape index (κ1) is 34.9. The molecule has 0 saturated carbocycles. The van der Waals surface area contributed by atoms with Crippen molar-refractivity contribution < 1.29 is 28.8 Å². The minimum absolute atomic E-state index is 0.0467. The number of benzene rings is 3. The molecular formula is C36H39FN6O6. The van der Waals surface area contributed by atoms with E-state index in [2.05, 4.69) is 15.7 Å². The van der Waals surface area contributed by atoms with Crippen molar-refractivity contribution in [1.82, 2.24) is 25.3 Å². The molecule has 12 nitrogen and oxygen atoms in total. The Morgan fingerprint density at radius 3 is 2.18 bits per heavy atom. The minimum atomic E-state index is -1.18. The molecule has 5 rings (SSSR count). The smallest absolute Gasteiger partial charge is 0.271 e. The number of carbonyl (C=O) groups excluding carboxylic acids is 3. The number of carbonyl (C=O) groups is 3. The first-order chi connectivity index (χ1) is 23.6. The Hall–Kier alpha value is -5.43. The summed E-state index contributed by atoms with van der Waals surface area (Å²) in [7, 11) is 0. The van der Waals surface area contributed by atoms with Crippen LogP contribution in [0.1, 0.15) is 80.8 Å². The lowest BCUT2D eigenvalue weighted by Gasteiger charge is -2.25. The Bertz CT molecular complexity index is 1770. The lowest BCUT2D eigenvalue weighted by molar-refractivity contribution is -0.384. The van der Waals surface area contributed by atoms with Crippen molar-refractivity contribution in [2.75, 3.05) is 13.1 Å². The largest absolute Gasteiger partial charge is 0.389 e. The molecule has 4 aromatic rings. The van der Waals surface area contributed by atoms with Crippen molar-refractivity contribution in [1.29, 1.82) is 0 Å². The number of aliphatic hydroxyl groups excluding tert-OH is 1. The molecule has 13 heteroatoms. The first-order valence-corrected chi connectivity index (χ1v) is 16.3. The molecule has 49 heavy (non-hydrogen) atoms. The van der Waals surface area contributed by atoms with Gasteiger partial charge in [-0.15, -0.1) is 0 Å². The highest BCUT2D eigenvalue weighted by Gasteiger charge is 2.26. The van der Waals surface area contributed by atoms with Crippen molar-refractivity contribution in [2.45, 2.75) is 63.8 Å². The fourth-order valence-electron chi connectivity index (χ4n) is 5.85. The Balaban J connectivity index is 1.33. The Morgan fingerprint density at radius 1 is 0.918 bits per heavy atom. The van der Waals surface area contributed by atoms with Gasteiger partial charge in [-0.25, -0.2) is 4.39 Å². The molecule has 3 amide bonds. The number of hydrogen-bond donors (Lipinski definition) is 3. The van der Waals surface area contributed by atoms with Gasteiger partial charge in [0.1, 0.15) is 5.82 Å². The van der Waals surface area contributed by atoms with E-state index in [9.17, 15) is 34.0 Å². The van der Waals surface area contributed by atoms with Crippen LogP contribution in [0.5, 0.6) is 0 Å². The summed E-state index contributed by atoms with van der Waals surface area (Å²) < 4.78 is 14.8. The van der Waals surface area contributed by atoms with Crippen LogP contribution in [0.25, 0.3) is 0 Å². The monoisotopic (exact) mass is 670 g/mol. The minimum Gasteiger partial charge on any atom is -0.389 e. The molecule has 3 aromatic carbocycles. The summed E-state index contributed by atoms with van der Waals surface area (Å²) in [5.74, 6) is -1.95. The van der Waals surface area contributed by atoms with Crippen LogP contribution >= 0.6 is 0 Å². The fraction of sp³-hybridized carbons (Fsp3) is 0.333. The lowest BCUT2D eigenvalue weighted by Crippen LogP contribution is -2.46. The number of aliphatic hydroxyl groups is 1. The second-order valence-electron chi connectivity index (χ2n) is 12.3. The Kier molecular flexibility index (Phi) is 11.5. The fourth-order valence-corrected chi connectivity index (χ4v) is 5.85. The normalized spacial score (nSPS) is 15.0. The molecule has 256 valence electrons. The highest BCUT2D eigenvalue weighted by Crippen LogP contribution is 2.21. The predicted molar refractivity (Wildman–Crippen MR) is 179 cm³/mol. The molecule has 0 spiro atoms. The lowest BCUT2D eigenvalue weighted by atomic mass is 10.00. The van der Waals surface area contributed by atoms with E-state index in [4.69, 9.17) is 0 Å². The van der Waals surface area contributed by atoms with Gasteiger partial charge < -0.3 is 20.6 Å². The predicted octanol–water partition coefficient (Wildman–Crippen LogP) is 4.84. The molecule has 0 bridgehead atoms. The third-order valence-corrected chi connectivity index (χ3v) is 8.60. The summed E-state index contributed by atoms with van der Waals surface area (Å²) in [6.45, 7) is 3.01. The molecule has 2 heterocycles. The molecule has 1 fully saturated rings. The number of nitro groups is 1. The van der Waals surface area contributed by atoms with Crippen molar-refractivity contribution in [2.24, 2.45) is 0 Å². The van der Waals surface area contributed by atoms with Crippen molar-refractivity contribution in [3.05, 3.63) is 129 Å². The van der Waals surface area contributed by atoms with E-state index < -0.39 is 46.4 Å². The number of aromatic nitrogens is 2. The van der Waals surface area contributed by atoms with Gasteiger partial charge in [-0.1, -0.05) is 55.3 Å². The molecule has 3 N–H and O–H groups in total. The number of non-ortho nitro benzene ring substituents is 1. The average molecular weight is 671 g/mol. The topological polar surface area (TPSA) is 160 Å². The Morgan fingerprint density at radius 2 is 1.55 bits per heavy atom. The Labute approximate surface area is 283 Å². The van der Waals surface area contributed by atoms with Gasteiger partial charge in [-0.05, 0) is 55.5 Å². The number of hydrogen-bond acceptors (Lipinski definition) is 7. The van der Waals surface area contributed by atoms with E-state index in [1.807, 2.05) is 35.2 Å². The first-order valence-electron chi connectivity index (χ1n) is 16.3. The molecule has 1 aliphatic rings. The standard InChI is InChI=1S/C36H39FN6O6/c1-24(26-11-13-30(37)14-12-26)39-34(45)27-18-28(20-31(19-27)43(48)49)35(46)40-32(17-25-9-5-4-6-10-25)33(44)23-42-22-29(21-38-42)36(47)41-15-7-2-3-8-16-41/h4-6,9-14,18-22,24,32-33,44H,2-3,7-8,15-17,23H2,1H3,(H,39,45)(H,40,46)/t24-,32+,33+/m1/s1. The van der Waals surface area contributed by atoms with E-state index >= 15 is 0 Å². The second-order valence-corrected chi connectivity index (χ2v) is 12.3. The highest BCUT2D eigenvalue weighted by atomic mass is 19.1. The summed E-state index contributed by atoms with van der Waals surface area (Å²) in [6.07, 6.45) is 6.16. The molecule has 0 unspecified atom stereocenters. The zero-order valence-electron chi connectivity index (χ0n) is 27.1. The van der Waals surface area contributed by atoms with Crippen molar-refractivity contribution in [3.8, 4) is 0 Å². The van der Waals surface area contributed by atoms with E-state index in [-0.39, 0.29) is 30.0 Å². The van der Waals surface area contributed by atoms with Crippen molar-refractivity contribution >= 4 is 23.4 Å². The number of likely N-dealkylation sites (tertiary alicyclic amines) is 1. The van der Waals surface area contributed by atoms with Crippen LogP contribution in [0, 0.1) is 15.9 Å². The molecule has 3 atom stereocenters.